The lowest BCUT2D eigenvalue weighted by Crippen LogP contribution is -2.38. The number of aryl methyl sites for hydroxylation is 1. The number of thiazole rings is 1. The van der Waals surface area contributed by atoms with Crippen molar-refractivity contribution in [2.45, 2.75) is 20.0 Å². The normalized spacial score (nSPS) is 10.8. The molecule has 0 saturated heterocycles. The number of nitrogens with zero attached hydrogens (tertiary/aromatic N) is 3. The van der Waals surface area contributed by atoms with Gasteiger partial charge in [-0.15, -0.1) is 35.3 Å². The molecule has 0 bridgehead atoms. The van der Waals surface area contributed by atoms with E-state index in [9.17, 15) is 0 Å². The number of guanidine groups is 1. The van der Waals surface area contributed by atoms with Gasteiger partial charge in [0.2, 0.25) is 5.75 Å². The SMILES string of the molecule is CN=C(NCc1ccc(OC)c(OC)c1OC)N(C)Cc1csc(C)n1.I. The van der Waals surface area contributed by atoms with Crippen molar-refractivity contribution in [3.05, 3.63) is 33.8 Å². The number of methoxy groups -OCH3 is 3. The van der Waals surface area contributed by atoms with E-state index in [-0.39, 0.29) is 24.0 Å². The molecule has 0 aliphatic carbocycles. The van der Waals surface area contributed by atoms with Crippen molar-refractivity contribution in [1.82, 2.24) is 15.2 Å². The highest BCUT2D eigenvalue weighted by Crippen LogP contribution is 2.39. The predicted molar refractivity (Wildman–Crippen MR) is 120 cm³/mol. The van der Waals surface area contributed by atoms with Crippen LogP contribution in [0, 0.1) is 6.92 Å². The van der Waals surface area contributed by atoms with Crippen molar-refractivity contribution in [3.8, 4) is 17.2 Å². The van der Waals surface area contributed by atoms with Crippen LogP contribution in [0.2, 0.25) is 0 Å². The van der Waals surface area contributed by atoms with Gasteiger partial charge in [0.25, 0.3) is 0 Å². The Morgan fingerprint density at radius 3 is 2.41 bits per heavy atom. The summed E-state index contributed by atoms with van der Waals surface area (Å²) in [5.41, 5.74) is 1.98. The summed E-state index contributed by atoms with van der Waals surface area (Å²) in [6.07, 6.45) is 0. The molecule has 9 heteroatoms. The average molecular weight is 506 g/mol. The summed E-state index contributed by atoms with van der Waals surface area (Å²) in [4.78, 5) is 10.9. The molecule has 150 valence electrons. The predicted octanol–water partition coefficient (Wildman–Crippen LogP) is 3.30. The van der Waals surface area contributed by atoms with Crippen LogP contribution in [0.1, 0.15) is 16.3 Å². The van der Waals surface area contributed by atoms with Crippen LogP contribution in [-0.4, -0.2) is 51.3 Å². The number of hydrogen-bond acceptors (Lipinski definition) is 6. The zero-order valence-corrected chi connectivity index (χ0v) is 19.7. The molecule has 0 amide bonds. The van der Waals surface area contributed by atoms with Gasteiger partial charge in [-0.05, 0) is 19.1 Å². The molecule has 0 fully saturated rings. The molecule has 0 aliphatic rings. The molecule has 2 rings (SSSR count). The van der Waals surface area contributed by atoms with Crippen molar-refractivity contribution < 1.29 is 14.2 Å². The van der Waals surface area contributed by atoms with E-state index in [2.05, 4.69) is 20.7 Å². The first kappa shape index (κ1) is 23.3. The molecule has 0 atom stereocenters. The molecular weight excluding hydrogens is 479 g/mol. The Labute approximate surface area is 181 Å². The van der Waals surface area contributed by atoms with E-state index in [0.717, 1.165) is 22.2 Å². The largest absolute Gasteiger partial charge is 0.493 e. The van der Waals surface area contributed by atoms with Gasteiger partial charge in [-0.1, -0.05) is 0 Å². The minimum absolute atomic E-state index is 0. The van der Waals surface area contributed by atoms with Crippen molar-refractivity contribution in [1.29, 1.82) is 0 Å². The molecule has 1 N–H and O–H groups in total. The Bertz CT molecular complexity index is 767. The van der Waals surface area contributed by atoms with Gasteiger partial charge in [-0.3, -0.25) is 4.99 Å². The Morgan fingerprint density at radius 2 is 1.89 bits per heavy atom. The van der Waals surface area contributed by atoms with Crippen LogP contribution in [0.25, 0.3) is 0 Å². The molecule has 1 aromatic heterocycles. The summed E-state index contributed by atoms with van der Waals surface area (Å²) in [6.45, 7) is 3.23. The summed E-state index contributed by atoms with van der Waals surface area (Å²) < 4.78 is 16.3. The van der Waals surface area contributed by atoms with Crippen molar-refractivity contribution >= 4 is 41.3 Å². The Hall–Kier alpha value is -1.75. The molecule has 0 aliphatic heterocycles. The minimum Gasteiger partial charge on any atom is -0.493 e. The number of rotatable bonds is 7. The second-order valence-corrected chi connectivity index (χ2v) is 6.67. The number of hydrogen-bond donors (Lipinski definition) is 1. The van der Waals surface area contributed by atoms with Crippen LogP contribution in [0.5, 0.6) is 17.2 Å². The number of aromatic nitrogens is 1. The van der Waals surface area contributed by atoms with Gasteiger partial charge in [0.15, 0.2) is 17.5 Å². The van der Waals surface area contributed by atoms with E-state index >= 15 is 0 Å². The maximum atomic E-state index is 5.53. The van der Waals surface area contributed by atoms with Gasteiger partial charge in [-0.2, -0.15) is 0 Å². The highest BCUT2D eigenvalue weighted by molar-refractivity contribution is 14.0. The van der Waals surface area contributed by atoms with E-state index < -0.39 is 0 Å². The van der Waals surface area contributed by atoms with Gasteiger partial charge < -0.3 is 24.4 Å². The first-order valence-electron chi connectivity index (χ1n) is 8.14. The summed E-state index contributed by atoms with van der Waals surface area (Å²) in [7, 11) is 8.56. The van der Waals surface area contributed by atoms with Gasteiger partial charge in [0.05, 0.1) is 38.6 Å². The molecule has 0 unspecified atom stereocenters. The smallest absolute Gasteiger partial charge is 0.203 e. The number of benzene rings is 1. The van der Waals surface area contributed by atoms with E-state index in [4.69, 9.17) is 14.2 Å². The fraction of sp³-hybridized carbons (Fsp3) is 0.444. The third-order valence-electron chi connectivity index (χ3n) is 3.86. The van der Waals surface area contributed by atoms with Crippen LogP contribution in [0.3, 0.4) is 0 Å². The number of halogens is 1. The minimum atomic E-state index is 0. The molecule has 0 radical (unpaired) electrons. The second-order valence-electron chi connectivity index (χ2n) is 5.61. The molecular formula is C18H27IN4O3S. The van der Waals surface area contributed by atoms with E-state index in [1.807, 2.05) is 31.0 Å². The summed E-state index contributed by atoms with van der Waals surface area (Å²) in [5, 5.41) is 6.48. The van der Waals surface area contributed by atoms with Crippen LogP contribution in [0.15, 0.2) is 22.5 Å². The summed E-state index contributed by atoms with van der Waals surface area (Å²) >= 11 is 1.65. The first-order chi connectivity index (χ1) is 12.5. The lowest BCUT2D eigenvalue weighted by Gasteiger charge is -2.22. The third kappa shape index (κ3) is 5.86. The fourth-order valence-electron chi connectivity index (χ4n) is 2.66. The van der Waals surface area contributed by atoms with Gasteiger partial charge in [-0.25, -0.2) is 4.98 Å². The summed E-state index contributed by atoms with van der Waals surface area (Å²) in [6, 6.07) is 3.81. The lowest BCUT2D eigenvalue weighted by molar-refractivity contribution is 0.322. The molecule has 27 heavy (non-hydrogen) atoms. The zero-order valence-electron chi connectivity index (χ0n) is 16.5. The fourth-order valence-corrected chi connectivity index (χ4v) is 3.26. The van der Waals surface area contributed by atoms with Crippen LogP contribution in [0.4, 0.5) is 0 Å². The Balaban J connectivity index is 0.00000364. The molecule has 1 aromatic carbocycles. The maximum absolute atomic E-state index is 5.53. The van der Waals surface area contributed by atoms with Gasteiger partial charge in [0, 0.05) is 31.6 Å². The Kier molecular flexibility index (Phi) is 9.64. The second kappa shape index (κ2) is 11.2. The first-order valence-corrected chi connectivity index (χ1v) is 9.02. The quantitative estimate of drug-likeness (QED) is 0.353. The van der Waals surface area contributed by atoms with Crippen molar-refractivity contribution in [3.63, 3.8) is 0 Å². The van der Waals surface area contributed by atoms with E-state index in [1.54, 1.807) is 39.7 Å². The number of nitrogens with one attached hydrogen (secondary N) is 1. The monoisotopic (exact) mass is 506 g/mol. The molecule has 0 saturated carbocycles. The molecule has 1 heterocycles. The highest BCUT2D eigenvalue weighted by atomic mass is 127. The Morgan fingerprint density at radius 1 is 1.19 bits per heavy atom. The third-order valence-corrected chi connectivity index (χ3v) is 4.68. The summed E-state index contributed by atoms with van der Waals surface area (Å²) in [5.74, 6) is 2.63. The van der Waals surface area contributed by atoms with E-state index in [1.165, 1.54) is 0 Å². The van der Waals surface area contributed by atoms with Crippen LogP contribution >= 0.6 is 35.3 Å². The zero-order chi connectivity index (χ0) is 19.1. The molecule has 0 spiro atoms. The van der Waals surface area contributed by atoms with Crippen molar-refractivity contribution in [2.24, 2.45) is 4.99 Å². The number of ether oxygens (including phenoxy) is 3. The van der Waals surface area contributed by atoms with Gasteiger partial charge in [0.1, 0.15) is 0 Å². The topological polar surface area (TPSA) is 68.2 Å². The molecule has 2 aromatic rings. The lowest BCUT2D eigenvalue weighted by atomic mass is 10.1. The van der Waals surface area contributed by atoms with Crippen LogP contribution in [-0.2, 0) is 13.1 Å². The van der Waals surface area contributed by atoms with Crippen molar-refractivity contribution in [2.75, 3.05) is 35.4 Å². The maximum Gasteiger partial charge on any atom is 0.203 e. The highest BCUT2D eigenvalue weighted by Gasteiger charge is 2.16. The molecule has 7 nitrogen and oxygen atoms in total. The average Bonchev–Trinajstić information content (AvgIpc) is 3.05. The van der Waals surface area contributed by atoms with E-state index in [0.29, 0.717) is 30.3 Å². The number of aliphatic imine (C=N–C) groups is 1. The standard InChI is InChI=1S/C18H26N4O3S.HI/c1-12-21-14(11-26-12)10-22(3)18(19-2)20-9-13-7-8-15(23-4)17(25-6)16(13)24-5;/h7-8,11H,9-10H2,1-6H3,(H,19,20);1H. The van der Waals surface area contributed by atoms with Gasteiger partial charge >= 0.3 is 0 Å². The van der Waals surface area contributed by atoms with Crippen LogP contribution < -0.4 is 19.5 Å².